The second-order valence-electron chi connectivity index (χ2n) is 3.40. The fourth-order valence-electron chi connectivity index (χ4n) is 1.34. The number of hydrogen-bond acceptors (Lipinski definition) is 5. The van der Waals surface area contributed by atoms with Gasteiger partial charge in [-0.2, -0.15) is 0 Å². The first-order valence-electron chi connectivity index (χ1n) is 4.99. The highest BCUT2D eigenvalue weighted by Crippen LogP contribution is 2.27. The van der Waals surface area contributed by atoms with Gasteiger partial charge in [-0.05, 0) is 25.1 Å². The molecule has 17 heavy (non-hydrogen) atoms. The summed E-state index contributed by atoms with van der Waals surface area (Å²) in [6.07, 6.45) is 0. The Morgan fingerprint density at radius 3 is 2.88 bits per heavy atom. The standard InChI is InChI=1S/C10H12N2O4S/c1-3-17(13,14)12-10-8-6-7(15-2)4-5-9(8)16-11-10/h4-6H,3H2,1-2H3,(H,11,12). The Hall–Kier alpha value is -1.76. The van der Waals surface area contributed by atoms with Gasteiger partial charge in [0.25, 0.3) is 0 Å². The molecule has 0 amide bonds. The summed E-state index contributed by atoms with van der Waals surface area (Å²) in [6.45, 7) is 1.55. The van der Waals surface area contributed by atoms with E-state index in [2.05, 4.69) is 9.88 Å². The zero-order chi connectivity index (χ0) is 12.5. The van der Waals surface area contributed by atoms with Crippen LogP contribution in [0.15, 0.2) is 22.7 Å². The van der Waals surface area contributed by atoms with Crippen molar-refractivity contribution in [2.24, 2.45) is 0 Å². The highest BCUT2D eigenvalue weighted by atomic mass is 32.2. The van der Waals surface area contributed by atoms with Crippen LogP contribution >= 0.6 is 0 Å². The first kappa shape index (κ1) is 11.7. The number of rotatable bonds is 4. The van der Waals surface area contributed by atoms with Crippen molar-refractivity contribution >= 4 is 26.8 Å². The predicted octanol–water partition coefficient (Wildman–Crippen LogP) is 1.60. The molecule has 1 aromatic heterocycles. The van der Waals surface area contributed by atoms with Gasteiger partial charge in [-0.3, -0.25) is 4.72 Å². The largest absolute Gasteiger partial charge is 0.497 e. The van der Waals surface area contributed by atoms with Crippen molar-refractivity contribution in [2.45, 2.75) is 6.92 Å². The van der Waals surface area contributed by atoms with Gasteiger partial charge in [0, 0.05) is 0 Å². The molecule has 0 fully saturated rings. The first-order chi connectivity index (χ1) is 8.05. The molecule has 1 heterocycles. The van der Waals surface area contributed by atoms with Crippen LogP contribution in [0.2, 0.25) is 0 Å². The van der Waals surface area contributed by atoms with Crippen LogP contribution in [-0.2, 0) is 10.0 Å². The molecule has 0 atom stereocenters. The summed E-state index contributed by atoms with van der Waals surface area (Å²) in [5.41, 5.74) is 0.500. The van der Waals surface area contributed by atoms with Gasteiger partial charge >= 0.3 is 0 Å². The van der Waals surface area contributed by atoms with Crippen LogP contribution < -0.4 is 9.46 Å². The summed E-state index contributed by atoms with van der Waals surface area (Å²) in [5.74, 6) is 0.768. The number of nitrogens with one attached hydrogen (secondary N) is 1. The van der Waals surface area contributed by atoms with E-state index in [-0.39, 0.29) is 11.6 Å². The number of ether oxygens (including phenoxy) is 1. The summed E-state index contributed by atoms with van der Waals surface area (Å²) < 4.78 is 35.3. The summed E-state index contributed by atoms with van der Waals surface area (Å²) in [7, 11) is -1.83. The van der Waals surface area contributed by atoms with Crippen molar-refractivity contribution in [3.8, 4) is 5.75 Å². The smallest absolute Gasteiger partial charge is 0.233 e. The lowest BCUT2D eigenvalue weighted by molar-refractivity contribution is 0.415. The predicted molar refractivity (Wildman–Crippen MR) is 63.6 cm³/mol. The Morgan fingerprint density at radius 2 is 2.24 bits per heavy atom. The lowest BCUT2D eigenvalue weighted by Crippen LogP contribution is -2.14. The molecule has 6 nitrogen and oxygen atoms in total. The molecule has 0 saturated carbocycles. The molecule has 0 aliphatic rings. The van der Waals surface area contributed by atoms with Crippen LogP contribution in [-0.4, -0.2) is 26.4 Å². The van der Waals surface area contributed by atoms with Gasteiger partial charge in [-0.1, -0.05) is 5.16 Å². The Bertz CT molecular complexity index is 633. The zero-order valence-corrected chi connectivity index (χ0v) is 10.2. The number of anilines is 1. The lowest BCUT2D eigenvalue weighted by Gasteiger charge is -2.02. The number of sulfonamides is 1. The summed E-state index contributed by atoms with van der Waals surface area (Å²) in [4.78, 5) is 0. The highest BCUT2D eigenvalue weighted by Gasteiger charge is 2.14. The molecule has 92 valence electrons. The lowest BCUT2D eigenvalue weighted by atomic mass is 10.2. The molecule has 0 aliphatic heterocycles. The van der Waals surface area contributed by atoms with E-state index in [1.54, 1.807) is 25.1 Å². The summed E-state index contributed by atoms with van der Waals surface area (Å²) >= 11 is 0. The molecular weight excluding hydrogens is 244 g/mol. The third-order valence-corrected chi connectivity index (χ3v) is 3.57. The number of nitrogens with zero attached hydrogens (tertiary/aromatic N) is 1. The van der Waals surface area contributed by atoms with Crippen molar-refractivity contribution in [2.75, 3.05) is 17.6 Å². The van der Waals surface area contributed by atoms with Crippen LogP contribution in [0.1, 0.15) is 6.92 Å². The van der Waals surface area contributed by atoms with Gasteiger partial charge in [0.1, 0.15) is 5.75 Å². The second-order valence-corrected chi connectivity index (χ2v) is 5.41. The maximum Gasteiger partial charge on any atom is 0.233 e. The zero-order valence-electron chi connectivity index (χ0n) is 9.43. The van der Waals surface area contributed by atoms with E-state index in [4.69, 9.17) is 9.26 Å². The molecular formula is C10H12N2O4S. The summed E-state index contributed by atoms with van der Waals surface area (Å²) in [6, 6.07) is 5.05. The van der Waals surface area contributed by atoms with E-state index in [1.807, 2.05) is 0 Å². The van der Waals surface area contributed by atoms with E-state index < -0.39 is 10.0 Å². The van der Waals surface area contributed by atoms with E-state index in [1.165, 1.54) is 7.11 Å². The molecule has 0 radical (unpaired) electrons. The minimum Gasteiger partial charge on any atom is -0.497 e. The Kier molecular flexibility index (Phi) is 2.93. The fraction of sp³-hybridized carbons (Fsp3) is 0.300. The van der Waals surface area contributed by atoms with Crippen molar-refractivity contribution in [3.63, 3.8) is 0 Å². The minimum absolute atomic E-state index is 0.0225. The Morgan fingerprint density at radius 1 is 1.47 bits per heavy atom. The van der Waals surface area contributed by atoms with Crippen molar-refractivity contribution < 1.29 is 17.7 Å². The van der Waals surface area contributed by atoms with Crippen LogP contribution in [0, 0.1) is 0 Å². The van der Waals surface area contributed by atoms with Gasteiger partial charge in [-0.25, -0.2) is 8.42 Å². The molecule has 2 aromatic rings. The second kappa shape index (κ2) is 4.25. The van der Waals surface area contributed by atoms with Crippen molar-refractivity contribution in [1.82, 2.24) is 5.16 Å². The van der Waals surface area contributed by atoms with Gasteiger partial charge in [0.05, 0.1) is 18.2 Å². The van der Waals surface area contributed by atoms with Gasteiger partial charge < -0.3 is 9.26 Å². The molecule has 2 rings (SSSR count). The number of aromatic nitrogens is 1. The molecule has 0 unspecified atom stereocenters. The molecule has 0 spiro atoms. The van der Waals surface area contributed by atoms with Crippen LogP contribution in [0.4, 0.5) is 5.82 Å². The Labute approximate surface area is 98.6 Å². The Balaban J connectivity index is 2.48. The molecule has 0 bridgehead atoms. The number of methoxy groups -OCH3 is 1. The molecule has 1 aromatic carbocycles. The van der Waals surface area contributed by atoms with Gasteiger partial charge in [-0.15, -0.1) is 0 Å². The average Bonchev–Trinajstić information content (AvgIpc) is 2.71. The van der Waals surface area contributed by atoms with Gasteiger partial charge in [0.15, 0.2) is 11.4 Å². The number of benzene rings is 1. The monoisotopic (exact) mass is 256 g/mol. The molecule has 0 saturated heterocycles. The number of fused-ring (bicyclic) bond motifs is 1. The molecule has 0 aliphatic carbocycles. The van der Waals surface area contributed by atoms with Crippen molar-refractivity contribution in [1.29, 1.82) is 0 Å². The third kappa shape index (κ3) is 2.33. The minimum atomic E-state index is -3.37. The van der Waals surface area contributed by atoms with E-state index >= 15 is 0 Å². The quantitative estimate of drug-likeness (QED) is 0.898. The van der Waals surface area contributed by atoms with Gasteiger partial charge in [0.2, 0.25) is 10.0 Å². The van der Waals surface area contributed by atoms with E-state index in [9.17, 15) is 8.42 Å². The normalized spacial score (nSPS) is 11.6. The average molecular weight is 256 g/mol. The van der Waals surface area contributed by atoms with E-state index in [0.29, 0.717) is 16.7 Å². The van der Waals surface area contributed by atoms with E-state index in [0.717, 1.165) is 0 Å². The maximum atomic E-state index is 11.4. The third-order valence-electron chi connectivity index (χ3n) is 2.31. The van der Waals surface area contributed by atoms with Crippen LogP contribution in [0.3, 0.4) is 0 Å². The fourth-order valence-corrected chi connectivity index (χ4v) is 1.92. The maximum absolute atomic E-state index is 11.4. The SMILES string of the molecule is CCS(=O)(=O)Nc1noc2ccc(OC)cc12. The summed E-state index contributed by atoms with van der Waals surface area (Å²) in [5, 5.41) is 4.25. The topological polar surface area (TPSA) is 81.4 Å². The van der Waals surface area contributed by atoms with Crippen LogP contribution in [0.25, 0.3) is 11.0 Å². The van der Waals surface area contributed by atoms with Crippen LogP contribution in [0.5, 0.6) is 5.75 Å². The highest BCUT2D eigenvalue weighted by molar-refractivity contribution is 7.92. The molecule has 1 N–H and O–H groups in total. The first-order valence-corrected chi connectivity index (χ1v) is 6.65. The number of hydrogen-bond donors (Lipinski definition) is 1. The molecule has 7 heteroatoms. The van der Waals surface area contributed by atoms with Crippen molar-refractivity contribution in [3.05, 3.63) is 18.2 Å².